The van der Waals surface area contributed by atoms with Crippen LogP contribution >= 0.6 is 11.6 Å². The summed E-state index contributed by atoms with van der Waals surface area (Å²) in [4.78, 5) is 24.4. The van der Waals surface area contributed by atoms with Crippen LogP contribution in [0.1, 0.15) is 16.8 Å². The van der Waals surface area contributed by atoms with Crippen molar-refractivity contribution in [2.75, 3.05) is 22.1 Å². The van der Waals surface area contributed by atoms with Gasteiger partial charge in [-0.2, -0.15) is 0 Å². The first kappa shape index (κ1) is 20.1. The van der Waals surface area contributed by atoms with Crippen molar-refractivity contribution >= 4 is 44.8 Å². The van der Waals surface area contributed by atoms with Crippen LogP contribution in [0.15, 0.2) is 42.5 Å². The van der Waals surface area contributed by atoms with Crippen LogP contribution in [0.3, 0.4) is 0 Å². The van der Waals surface area contributed by atoms with E-state index in [1.165, 1.54) is 18.2 Å². The van der Waals surface area contributed by atoms with E-state index in [4.69, 9.17) is 11.6 Å². The Morgan fingerprint density at radius 2 is 1.82 bits per heavy atom. The Labute approximate surface area is 166 Å². The number of hydrogen-bond acceptors (Lipinski definition) is 4. The molecule has 1 aliphatic heterocycles. The molecule has 148 valence electrons. The van der Waals surface area contributed by atoms with Gasteiger partial charge in [0.1, 0.15) is 5.82 Å². The number of rotatable bonds is 4. The highest BCUT2D eigenvalue weighted by atomic mass is 35.5. The molecule has 0 radical (unpaired) electrons. The SMILES string of the molecule is O=C(Nc1cccc(C(=O)Nc2ccc(F)c(Cl)c2)c1)NC1CCS(=O)(=O)C1. The average molecular weight is 426 g/mol. The Hall–Kier alpha value is -2.65. The van der Waals surface area contributed by atoms with Gasteiger partial charge < -0.3 is 16.0 Å². The molecule has 2 aromatic carbocycles. The predicted molar refractivity (Wildman–Crippen MR) is 105 cm³/mol. The smallest absolute Gasteiger partial charge is 0.319 e. The molecular weight excluding hydrogens is 409 g/mol. The highest BCUT2D eigenvalue weighted by Crippen LogP contribution is 2.20. The average Bonchev–Trinajstić information content (AvgIpc) is 2.96. The number of carbonyl (C=O) groups excluding carboxylic acids is 2. The normalized spacial score (nSPS) is 17.7. The number of halogens is 2. The van der Waals surface area contributed by atoms with Crippen molar-refractivity contribution in [3.05, 3.63) is 58.9 Å². The third kappa shape index (κ3) is 5.20. The molecule has 7 nitrogen and oxygen atoms in total. The molecule has 0 aliphatic carbocycles. The summed E-state index contributed by atoms with van der Waals surface area (Å²) in [5.41, 5.74) is 0.958. The Bertz CT molecular complexity index is 1030. The number of carbonyl (C=O) groups is 2. The minimum atomic E-state index is -3.10. The van der Waals surface area contributed by atoms with Gasteiger partial charge in [-0.1, -0.05) is 17.7 Å². The lowest BCUT2D eigenvalue weighted by Gasteiger charge is -2.13. The minimum absolute atomic E-state index is 0.0566. The molecule has 10 heteroatoms. The van der Waals surface area contributed by atoms with Gasteiger partial charge in [-0.05, 0) is 42.8 Å². The van der Waals surface area contributed by atoms with Crippen LogP contribution in [0.4, 0.5) is 20.6 Å². The molecule has 3 amide bonds. The van der Waals surface area contributed by atoms with E-state index in [1.807, 2.05) is 0 Å². The lowest BCUT2D eigenvalue weighted by atomic mass is 10.2. The molecule has 1 saturated heterocycles. The second-order valence-electron chi connectivity index (χ2n) is 6.36. The zero-order chi connectivity index (χ0) is 20.3. The number of anilines is 2. The lowest BCUT2D eigenvalue weighted by molar-refractivity contribution is 0.102. The monoisotopic (exact) mass is 425 g/mol. The van der Waals surface area contributed by atoms with E-state index in [9.17, 15) is 22.4 Å². The molecule has 28 heavy (non-hydrogen) atoms. The Morgan fingerprint density at radius 1 is 1.07 bits per heavy atom. The number of hydrogen-bond donors (Lipinski definition) is 3. The third-order valence-electron chi connectivity index (χ3n) is 4.13. The van der Waals surface area contributed by atoms with Crippen molar-refractivity contribution in [2.24, 2.45) is 0 Å². The first-order valence-corrected chi connectivity index (χ1v) is 10.6. The van der Waals surface area contributed by atoms with Gasteiger partial charge in [0, 0.05) is 23.0 Å². The zero-order valence-electron chi connectivity index (χ0n) is 14.5. The van der Waals surface area contributed by atoms with Crippen molar-refractivity contribution in [3.63, 3.8) is 0 Å². The van der Waals surface area contributed by atoms with Gasteiger partial charge >= 0.3 is 6.03 Å². The van der Waals surface area contributed by atoms with Gasteiger partial charge in [0.15, 0.2) is 9.84 Å². The summed E-state index contributed by atoms with van der Waals surface area (Å²) in [6.07, 6.45) is 0.373. The van der Waals surface area contributed by atoms with E-state index in [0.717, 1.165) is 6.07 Å². The summed E-state index contributed by atoms with van der Waals surface area (Å²) in [5, 5.41) is 7.66. The molecular formula is C18H17ClFN3O4S. The topological polar surface area (TPSA) is 104 Å². The van der Waals surface area contributed by atoms with Gasteiger partial charge in [-0.25, -0.2) is 17.6 Å². The van der Waals surface area contributed by atoms with Crippen LogP contribution in [0, 0.1) is 5.82 Å². The molecule has 1 atom stereocenters. The Kier molecular flexibility index (Phi) is 5.85. The van der Waals surface area contributed by atoms with E-state index >= 15 is 0 Å². The third-order valence-corrected chi connectivity index (χ3v) is 6.19. The largest absolute Gasteiger partial charge is 0.334 e. The molecule has 3 N–H and O–H groups in total. The maximum atomic E-state index is 13.2. The quantitative estimate of drug-likeness (QED) is 0.700. The first-order chi connectivity index (χ1) is 13.2. The molecule has 1 unspecified atom stereocenters. The summed E-state index contributed by atoms with van der Waals surface area (Å²) in [6, 6.07) is 9.02. The fraction of sp³-hybridized carbons (Fsp3) is 0.222. The van der Waals surface area contributed by atoms with Gasteiger partial charge in [0.25, 0.3) is 5.91 Å². The number of urea groups is 1. The van der Waals surface area contributed by atoms with Crippen LogP contribution in [0.2, 0.25) is 5.02 Å². The van der Waals surface area contributed by atoms with E-state index in [-0.39, 0.29) is 22.1 Å². The summed E-state index contributed by atoms with van der Waals surface area (Å²) in [7, 11) is -3.10. The standard InChI is InChI=1S/C18H17ClFN3O4S/c19-15-9-13(4-5-16(15)20)21-17(24)11-2-1-3-12(8-11)22-18(25)23-14-6-7-28(26,27)10-14/h1-5,8-9,14H,6-7,10H2,(H,21,24)(H2,22,23,25). The van der Waals surface area contributed by atoms with E-state index in [1.54, 1.807) is 18.2 Å². The van der Waals surface area contributed by atoms with Crippen molar-refractivity contribution in [1.82, 2.24) is 5.32 Å². The highest BCUT2D eigenvalue weighted by Gasteiger charge is 2.28. The second-order valence-corrected chi connectivity index (χ2v) is 9.00. The molecule has 1 fully saturated rings. The lowest BCUT2D eigenvalue weighted by Crippen LogP contribution is -2.38. The summed E-state index contributed by atoms with van der Waals surface area (Å²) >= 11 is 5.69. The second kappa shape index (κ2) is 8.15. The van der Waals surface area contributed by atoms with Crippen LogP contribution in [-0.2, 0) is 9.84 Å². The fourth-order valence-corrected chi connectivity index (χ4v) is 4.63. The molecule has 0 bridgehead atoms. The number of nitrogens with one attached hydrogen (secondary N) is 3. The predicted octanol–water partition coefficient (Wildman–Crippen LogP) is 3.04. The van der Waals surface area contributed by atoms with Crippen molar-refractivity contribution < 1.29 is 22.4 Å². The van der Waals surface area contributed by atoms with Gasteiger partial charge in [-0.15, -0.1) is 0 Å². The Morgan fingerprint density at radius 3 is 2.50 bits per heavy atom. The maximum absolute atomic E-state index is 13.2. The van der Waals surface area contributed by atoms with Crippen LogP contribution in [0.5, 0.6) is 0 Å². The van der Waals surface area contributed by atoms with Gasteiger partial charge in [0.05, 0.1) is 16.5 Å². The molecule has 1 heterocycles. The summed E-state index contributed by atoms with van der Waals surface area (Å²) < 4.78 is 36.1. The molecule has 0 aromatic heterocycles. The summed E-state index contributed by atoms with van der Waals surface area (Å²) in [5.74, 6) is -1.08. The van der Waals surface area contributed by atoms with Crippen LogP contribution in [-0.4, -0.2) is 37.9 Å². The maximum Gasteiger partial charge on any atom is 0.319 e. The van der Waals surface area contributed by atoms with Gasteiger partial charge in [-0.3, -0.25) is 4.79 Å². The highest BCUT2D eigenvalue weighted by molar-refractivity contribution is 7.91. The molecule has 0 saturated carbocycles. The Balaban J connectivity index is 1.62. The van der Waals surface area contributed by atoms with Crippen LogP contribution in [0.25, 0.3) is 0 Å². The van der Waals surface area contributed by atoms with Crippen LogP contribution < -0.4 is 16.0 Å². The first-order valence-electron chi connectivity index (χ1n) is 8.36. The minimum Gasteiger partial charge on any atom is -0.334 e. The molecule has 3 rings (SSSR count). The molecule has 1 aliphatic rings. The van der Waals surface area contributed by atoms with E-state index < -0.39 is 33.6 Å². The van der Waals surface area contributed by atoms with E-state index in [0.29, 0.717) is 17.8 Å². The van der Waals surface area contributed by atoms with Gasteiger partial charge in [0.2, 0.25) is 0 Å². The van der Waals surface area contributed by atoms with E-state index in [2.05, 4.69) is 16.0 Å². The zero-order valence-corrected chi connectivity index (χ0v) is 16.1. The fourth-order valence-electron chi connectivity index (χ4n) is 2.78. The molecule has 2 aromatic rings. The van der Waals surface area contributed by atoms with Crippen molar-refractivity contribution in [2.45, 2.75) is 12.5 Å². The summed E-state index contributed by atoms with van der Waals surface area (Å²) in [6.45, 7) is 0. The number of benzene rings is 2. The number of sulfone groups is 1. The van der Waals surface area contributed by atoms with Crippen molar-refractivity contribution in [3.8, 4) is 0 Å². The number of amides is 3. The molecule has 0 spiro atoms. The van der Waals surface area contributed by atoms with Crippen molar-refractivity contribution in [1.29, 1.82) is 0 Å².